The van der Waals surface area contributed by atoms with Crippen LogP contribution in [0.15, 0.2) is 42.5 Å². The lowest BCUT2D eigenvalue weighted by atomic mass is 10.1. The Morgan fingerprint density at radius 3 is 2.67 bits per heavy atom. The van der Waals surface area contributed by atoms with Crippen molar-refractivity contribution in [2.75, 3.05) is 6.61 Å². The van der Waals surface area contributed by atoms with Gasteiger partial charge in [0.25, 0.3) is 0 Å². The minimum Gasteiger partial charge on any atom is -0.490 e. The maximum Gasteiger partial charge on any atom is 0.328 e. The second-order valence-corrected chi connectivity index (χ2v) is 5.56. The van der Waals surface area contributed by atoms with Crippen LogP contribution in [0.25, 0.3) is 6.08 Å². The Morgan fingerprint density at radius 2 is 2.00 bits per heavy atom. The fourth-order valence-corrected chi connectivity index (χ4v) is 2.45. The third-order valence-corrected chi connectivity index (χ3v) is 3.66. The van der Waals surface area contributed by atoms with Crippen molar-refractivity contribution in [1.29, 1.82) is 0 Å². The van der Waals surface area contributed by atoms with Gasteiger partial charge in [-0.2, -0.15) is 0 Å². The number of carbonyl (C=O) groups is 1. The van der Waals surface area contributed by atoms with E-state index in [0.717, 1.165) is 17.2 Å². The highest BCUT2D eigenvalue weighted by Gasteiger charge is 2.13. The van der Waals surface area contributed by atoms with Gasteiger partial charge in [0.15, 0.2) is 11.5 Å². The van der Waals surface area contributed by atoms with Crippen molar-refractivity contribution in [2.24, 2.45) is 0 Å². The average molecular weight is 347 g/mol. The van der Waals surface area contributed by atoms with E-state index in [0.29, 0.717) is 35.3 Å². The molecule has 1 N–H and O–H groups in total. The highest BCUT2D eigenvalue weighted by Crippen LogP contribution is 2.37. The molecule has 0 unspecified atom stereocenters. The zero-order valence-corrected chi connectivity index (χ0v) is 14.3. The number of rotatable bonds is 7. The summed E-state index contributed by atoms with van der Waals surface area (Å²) < 4.78 is 11.5. The van der Waals surface area contributed by atoms with Gasteiger partial charge in [-0.1, -0.05) is 35.9 Å². The predicted octanol–water partition coefficient (Wildman–Crippen LogP) is 4.72. The summed E-state index contributed by atoms with van der Waals surface area (Å²) in [4.78, 5) is 10.7. The highest BCUT2D eigenvalue weighted by atomic mass is 35.5. The number of aliphatic carboxylic acids is 1. The maximum absolute atomic E-state index is 10.7. The number of hydrogen-bond acceptors (Lipinski definition) is 3. The highest BCUT2D eigenvalue weighted by molar-refractivity contribution is 6.32. The molecule has 24 heavy (non-hydrogen) atoms. The predicted molar refractivity (Wildman–Crippen MR) is 94.8 cm³/mol. The van der Waals surface area contributed by atoms with Gasteiger partial charge in [-0.3, -0.25) is 0 Å². The van der Waals surface area contributed by atoms with E-state index in [1.807, 2.05) is 38.1 Å². The van der Waals surface area contributed by atoms with Gasteiger partial charge in [0.05, 0.1) is 11.6 Å². The topological polar surface area (TPSA) is 55.8 Å². The molecule has 2 rings (SSSR count). The molecular formula is C19H19ClO4. The van der Waals surface area contributed by atoms with Crippen molar-refractivity contribution in [3.8, 4) is 11.5 Å². The molecule has 0 aromatic heterocycles. The van der Waals surface area contributed by atoms with Crippen molar-refractivity contribution in [2.45, 2.75) is 20.5 Å². The second kappa shape index (κ2) is 8.41. The Balaban J connectivity index is 2.27. The molecule has 126 valence electrons. The number of carboxylic acid groups (broad SMARTS) is 1. The van der Waals surface area contributed by atoms with E-state index in [2.05, 4.69) is 0 Å². The molecule has 0 atom stereocenters. The molecule has 2 aromatic carbocycles. The largest absolute Gasteiger partial charge is 0.490 e. The summed E-state index contributed by atoms with van der Waals surface area (Å²) in [5.41, 5.74) is 2.83. The molecule has 0 spiro atoms. The van der Waals surface area contributed by atoms with Gasteiger partial charge >= 0.3 is 5.97 Å². The van der Waals surface area contributed by atoms with Gasteiger partial charge < -0.3 is 14.6 Å². The van der Waals surface area contributed by atoms with Crippen molar-refractivity contribution in [1.82, 2.24) is 0 Å². The minimum atomic E-state index is -1.02. The Bertz CT molecular complexity index is 753. The van der Waals surface area contributed by atoms with Crippen molar-refractivity contribution in [3.05, 3.63) is 64.2 Å². The van der Waals surface area contributed by atoms with Crippen LogP contribution < -0.4 is 9.47 Å². The lowest BCUT2D eigenvalue weighted by molar-refractivity contribution is -0.131. The smallest absolute Gasteiger partial charge is 0.328 e. The zero-order chi connectivity index (χ0) is 17.5. The molecule has 0 saturated heterocycles. The van der Waals surface area contributed by atoms with Gasteiger partial charge in [0.2, 0.25) is 0 Å². The van der Waals surface area contributed by atoms with Gasteiger partial charge in [-0.25, -0.2) is 4.79 Å². The molecule has 0 aliphatic carbocycles. The average Bonchev–Trinajstić information content (AvgIpc) is 2.54. The fraction of sp³-hybridized carbons (Fsp3) is 0.211. The van der Waals surface area contributed by atoms with Crippen molar-refractivity contribution in [3.63, 3.8) is 0 Å². The zero-order valence-electron chi connectivity index (χ0n) is 13.6. The van der Waals surface area contributed by atoms with Crippen LogP contribution in [0.4, 0.5) is 0 Å². The summed E-state index contributed by atoms with van der Waals surface area (Å²) in [7, 11) is 0. The molecule has 5 heteroatoms. The van der Waals surface area contributed by atoms with Crippen molar-refractivity contribution < 1.29 is 19.4 Å². The van der Waals surface area contributed by atoms with Crippen LogP contribution in [-0.4, -0.2) is 17.7 Å². The van der Waals surface area contributed by atoms with Gasteiger partial charge in [-0.05, 0) is 48.7 Å². The van der Waals surface area contributed by atoms with Gasteiger partial charge in [-0.15, -0.1) is 0 Å². The molecule has 0 amide bonds. The van der Waals surface area contributed by atoms with E-state index in [1.165, 1.54) is 6.08 Å². The van der Waals surface area contributed by atoms with Crippen LogP contribution in [-0.2, 0) is 11.4 Å². The molecule has 0 heterocycles. The van der Waals surface area contributed by atoms with Crippen LogP contribution in [0.5, 0.6) is 11.5 Å². The Morgan fingerprint density at radius 1 is 1.25 bits per heavy atom. The standard InChI is InChI=1S/C19H19ClO4/c1-3-23-17-11-14(8-9-18(21)22)10-16(20)19(17)24-12-15-7-5-4-6-13(15)2/h4-11H,3,12H2,1-2H3,(H,21,22). The van der Waals surface area contributed by atoms with Crippen LogP contribution in [0, 0.1) is 6.92 Å². The fourth-order valence-electron chi connectivity index (χ4n) is 2.18. The SMILES string of the molecule is CCOc1cc(C=CC(=O)O)cc(Cl)c1OCc1ccccc1C. The first kappa shape index (κ1) is 17.9. The number of benzene rings is 2. The normalized spacial score (nSPS) is 10.8. The molecule has 0 radical (unpaired) electrons. The number of hydrogen-bond donors (Lipinski definition) is 1. The Kier molecular flexibility index (Phi) is 6.27. The summed E-state index contributed by atoms with van der Waals surface area (Å²) in [6, 6.07) is 11.3. The molecule has 0 aliphatic rings. The second-order valence-electron chi connectivity index (χ2n) is 5.15. The summed E-state index contributed by atoms with van der Waals surface area (Å²) in [5.74, 6) is -0.0816. The molecule has 0 aliphatic heterocycles. The summed E-state index contributed by atoms with van der Waals surface area (Å²) in [5, 5.41) is 9.11. The van der Waals surface area contributed by atoms with E-state index in [-0.39, 0.29) is 0 Å². The summed E-state index contributed by atoms with van der Waals surface area (Å²) >= 11 is 6.31. The number of aryl methyl sites for hydroxylation is 1. The number of ether oxygens (including phenoxy) is 2. The Hall–Kier alpha value is -2.46. The van der Waals surface area contributed by atoms with E-state index in [9.17, 15) is 4.79 Å². The van der Waals surface area contributed by atoms with Crippen LogP contribution in [0.1, 0.15) is 23.6 Å². The lowest BCUT2D eigenvalue weighted by Crippen LogP contribution is -2.02. The molecule has 2 aromatic rings. The molecule has 0 saturated carbocycles. The third kappa shape index (κ3) is 4.77. The van der Waals surface area contributed by atoms with Crippen molar-refractivity contribution >= 4 is 23.6 Å². The van der Waals surface area contributed by atoms with Crippen LogP contribution in [0.3, 0.4) is 0 Å². The number of halogens is 1. The number of carboxylic acids is 1. The van der Waals surface area contributed by atoms with Crippen LogP contribution >= 0.6 is 11.6 Å². The monoisotopic (exact) mass is 346 g/mol. The van der Waals surface area contributed by atoms with Gasteiger partial charge in [0, 0.05) is 6.08 Å². The van der Waals surface area contributed by atoms with Crippen LogP contribution in [0.2, 0.25) is 5.02 Å². The van der Waals surface area contributed by atoms with E-state index in [1.54, 1.807) is 12.1 Å². The van der Waals surface area contributed by atoms with E-state index >= 15 is 0 Å². The first-order valence-corrected chi connectivity index (χ1v) is 7.93. The molecule has 0 bridgehead atoms. The van der Waals surface area contributed by atoms with E-state index < -0.39 is 5.97 Å². The minimum absolute atomic E-state index is 0.372. The molecule has 4 nitrogen and oxygen atoms in total. The molecular weight excluding hydrogens is 328 g/mol. The van der Waals surface area contributed by atoms with Gasteiger partial charge in [0.1, 0.15) is 6.61 Å². The lowest BCUT2D eigenvalue weighted by Gasteiger charge is -2.15. The Labute approximate surface area is 146 Å². The maximum atomic E-state index is 10.7. The summed E-state index contributed by atoms with van der Waals surface area (Å²) in [6.45, 7) is 4.70. The summed E-state index contributed by atoms with van der Waals surface area (Å²) in [6.07, 6.45) is 2.51. The van der Waals surface area contributed by atoms with E-state index in [4.69, 9.17) is 26.2 Å². The first-order valence-electron chi connectivity index (χ1n) is 7.56. The molecule has 0 fully saturated rings. The quantitative estimate of drug-likeness (QED) is 0.737. The first-order chi connectivity index (χ1) is 11.5. The third-order valence-electron chi connectivity index (χ3n) is 3.38.